The molecule has 144 valence electrons. The number of carbonyl (C=O) groups excluding carboxylic acids is 1. The number of esters is 1. The van der Waals surface area contributed by atoms with E-state index >= 15 is 0 Å². The first kappa shape index (κ1) is 19.2. The van der Waals surface area contributed by atoms with Crippen LogP contribution in [-0.4, -0.2) is 30.3 Å². The fourth-order valence-corrected chi connectivity index (χ4v) is 2.63. The monoisotopic (exact) mass is 380 g/mol. The predicted molar refractivity (Wildman–Crippen MR) is 103 cm³/mol. The summed E-state index contributed by atoms with van der Waals surface area (Å²) in [6, 6.07) is 13.1. The van der Waals surface area contributed by atoms with Crippen molar-refractivity contribution in [2.75, 3.05) is 14.2 Å². The molecule has 0 bridgehead atoms. The Morgan fingerprint density at radius 3 is 2.68 bits per heavy atom. The first-order chi connectivity index (χ1) is 13.6. The van der Waals surface area contributed by atoms with E-state index < -0.39 is 5.97 Å². The maximum Gasteiger partial charge on any atom is 0.331 e. The van der Waals surface area contributed by atoms with E-state index in [1.165, 1.54) is 13.2 Å². The standard InChI is InChI=1S/C21H20N2O5/c1-14-7-4-5-9-16(14)21-22-18(28-23-21)13-27-19(24)12-11-15-8-6-10-17(25-2)20(15)26-3/h4-12H,13H2,1-3H3/b12-11+. The van der Waals surface area contributed by atoms with Gasteiger partial charge in [-0.15, -0.1) is 0 Å². The molecule has 0 saturated carbocycles. The van der Waals surface area contributed by atoms with Gasteiger partial charge in [0.2, 0.25) is 5.82 Å². The second-order valence-electron chi connectivity index (χ2n) is 5.85. The number of methoxy groups -OCH3 is 2. The number of carbonyl (C=O) groups is 1. The van der Waals surface area contributed by atoms with E-state index in [1.807, 2.05) is 31.2 Å². The number of hydrogen-bond acceptors (Lipinski definition) is 7. The molecular formula is C21H20N2O5. The van der Waals surface area contributed by atoms with Crippen molar-refractivity contribution in [1.29, 1.82) is 0 Å². The molecule has 0 spiro atoms. The van der Waals surface area contributed by atoms with E-state index in [0.29, 0.717) is 22.9 Å². The van der Waals surface area contributed by atoms with E-state index in [9.17, 15) is 4.79 Å². The lowest BCUT2D eigenvalue weighted by atomic mass is 10.1. The Balaban J connectivity index is 1.63. The molecule has 3 aromatic rings. The van der Waals surface area contributed by atoms with E-state index in [1.54, 1.807) is 31.4 Å². The minimum absolute atomic E-state index is 0.114. The van der Waals surface area contributed by atoms with Crippen LogP contribution in [0, 0.1) is 6.92 Å². The summed E-state index contributed by atoms with van der Waals surface area (Å²) >= 11 is 0. The maximum atomic E-state index is 12.0. The third kappa shape index (κ3) is 4.37. The minimum Gasteiger partial charge on any atom is -0.493 e. The van der Waals surface area contributed by atoms with Crippen molar-refractivity contribution in [2.24, 2.45) is 0 Å². The second kappa shape index (κ2) is 8.85. The second-order valence-corrected chi connectivity index (χ2v) is 5.85. The van der Waals surface area contributed by atoms with Crippen molar-refractivity contribution in [3.05, 3.63) is 65.6 Å². The molecule has 0 aliphatic carbocycles. The molecule has 28 heavy (non-hydrogen) atoms. The van der Waals surface area contributed by atoms with Crippen LogP contribution in [0.5, 0.6) is 11.5 Å². The van der Waals surface area contributed by atoms with Gasteiger partial charge in [0, 0.05) is 17.2 Å². The van der Waals surface area contributed by atoms with Gasteiger partial charge < -0.3 is 18.7 Å². The van der Waals surface area contributed by atoms with Crippen molar-refractivity contribution in [1.82, 2.24) is 10.1 Å². The van der Waals surface area contributed by atoms with Crippen LogP contribution in [0.4, 0.5) is 0 Å². The number of rotatable bonds is 7. The topological polar surface area (TPSA) is 83.7 Å². The SMILES string of the molecule is COc1cccc(/C=C/C(=O)OCc2nc(-c3ccccc3C)no2)c1OC. The van der Waals surface area contributed by atoms with Gasteiger partial charge in [-0.2, -0.15) is 4.98 Å². The number of ether oxygens (including phenoxy) is 3. The molecule has 0 aliphatic heterocycles. The van der Waals surface area contributed by atoms with Gasteiger partial charge in [0.25, 0.3) is 5.89 Å². The quantitative estimate of drug-likeness (QED) is 0.455. The first-order valence-electron chi connectivity index (χ1n) is 8.56. The Labute approximate surface area is 162 Å². The lowest BCUT2D eigenvalue weighted by molar-refractivity contribution is -0.139. The molecule has 0 unspecified atom stereocenters. The van der Waals surface area contributed by atoms with Gasteiger partial charge in [0.05, 0.1) is 14.2 Å². The third-order valence-electron chi connectivity index (χ3n) is 4.02. The zero-order valence-corrected chi connectivity index (χ0v) is 15.8. The number of aromatic nitrogens is 2. The smallest absolute Gasteiger partial charge is 0.331 e. The highest BCUT2D eigenvalue weighted by Crippen LogP contribution is 2.31. The molecule has 7 heteroatoms. The highest BCUT2D eigenvalue weighted by atomic mass is 16.6. The Hall–Kier alpha value is -3.61. The van der Waals surface area contributed by atoms with Crippen LogP contribution in [0.2, 0.25) is 0 Å². The summed E-state index contributed by atoms with van der Waals surface area (Å²) in [5.41, 5.74) is 2.59. The number of para-hydroxylation sites is 1. The fraction of sp³-hybridized carbons (Fsp3) is 0.190. The number of hydrogen-bond donors (Lipinski definition) is 0. The summed E-state index contributed by atoms with van der Waals surface area (Å²) in [5, 5.41) is 3.93. The van der Waals surface area contributed by atoms with Gasteiger partial charge in [0.1, 0.15) is 0 Å². The van der Waals surface area contributed by atoms with Crippen LogP contribution in [0.15, 0.2) is 53.1 Å². The highest BCUT2D eigenvalue weighted by molar-refractivity contribution is 5.87. The van der Waals surface area contributed by atoms with Crippen LogP contribution >= 0.6 is 0 Å². The number of aryl methyl sites for hydroxylation is 1. The molecule has 1 aromatic heterocycles. The van der Waals surface area contributed by atoms with Crippen molar-refractivity contribution >= 4 is 12.0 Å². The van der Waals surface area contributed by atoms with Crippen molar-refractivity contribution in [2.45, 2.75) is 13.5 Å². The zero-order chi connectivity index (χ0) is 19.9. The van der Waals surface area contributed by atoms with Crippen LogP contribution in [0.25, 0.3) is 17.5 Å². The summed E-state index contributed by atoms with van der Waals surface area (Å²) in [7, 11) is 3.09. The molecule has 0 atom stereocenters. The minimum atomic E-state index is -0.541. The Morgan fingerprint density at radius 1 is 1.11 bits per heavy atom. The third-order valence-corrected chi connectivity index (χ3v) is 4.02. The largest absolute Gasteiger partial charge is 0.493 e. The molecule has 0 saturated heterocycles. The van der Waals surface area contributed by atoms with E-state index in [4.69, 9.17) is 18.7 Å². The Morgan fingerprint density at radius 2 is 1.93 bits per heavy atom. The fourth-order valence-electron chi connectivity index (χ4n) is 2.63. The average molecular weight is 380 g/mol. The van der Waals surface area contributed by atoms with E-state index in [0.717, 1.165) is 11.1 Å². The summed E-state index contributed by atoms with van der Waals surface area (Å²) in [4.78, 5) is 16.3. The first-order valence-corrected chi connectivity index (χ1v) is 8.56. The normalized spacial score (nSPS) is 10.8. The van der Waals surface area contributed by atoms with Crippen molar-refractivity contribution in [3.8, 4) is 22.9 Å². The lowest BCUT2D eigenvalue weighted by Crippen LogP contribution is -2.01. The highest BCUT2D eigenvalue weighted by Gasteiger charge is 2.12. The summed E-state index contributed by atoms with van der Waals surface area (Å²) in [6.07, 6.45) is 2.90. The van der Waals surface area contributed by atoms with Gasteiger partial charge in [-0.05, 0) is 24.6 Å². The predicted octanol–water partition coefficient (Wildman–Crippen LogP) is 3.82. The van der Waals surface area contributed by atoms with E-state index in [2.05, 4.69) is 10.1 Å². The Bertz CT molecular complexity index is 994. The van der Waals surface area contributed by atoms with Gasteiger partial charge in [0.15, 0.2) is 18.1 Å². The molecule has 3 rings (SSSR count). The van der Waals surface area contributed by atoms with Crippen LogP contribution in [-0.2, 0) is 16.1 Å². The molecular weight excluding hydrogens is 360 g/mol. The molecule has 0 N–H and O–H groups in total. The van der Waals surface area contributed by atoms with Crippen molar-refractivity contribution < 1.29 is 23.5 Å². The van der Waals surface area contributed by atoms with Gasteiger partial charge in [-0.1, -0.05) is 41.6 Å². The van der Waals surface area contributed by atoms with Gasteiger partial charge in [-0.3, -0.25) is 0 Å². The number of nitrogens with zero attached hydrogens (tertiary/aromatic N) is 2. The summed E-state index contributed by atoms with van der Waals surface area (Å²) in [5.74, 6) is 1.25. The maximum absolute atomic E-state index is 12.0. The van der Waals surface area contributed by atoms with Crippen LogP contribution < -0.4 is 9.47 Å². The van der Waals surface area contributed by atoms with Gasteiger partial charge >= 0.3 is 5.97 Å². The number of benzene rings is 2. The lowest BCUT2D eigenvalue weighted by Gasteiger charge is -2.09. The van der Waals surface area contributed by atoms with Crippen LogP contribution in [0.3, 0.4) is 0 Å². The van der Waals surface area contributed by atoms with Crippen molar-refractivity contribution in [3.63, 3.8) is 0 Å². The molecule has 2 aromatic carbocycles. The molecule has 0 aliphatic rings. The summed E-state index contributed by atoms with van der Waals surface area (Å²) in [6.45, 7) is 1.85. The zero-order valence-electron chi connectivity index (χ0n) is 15.8. The van der Waals surface area contributed by atoms with Gasteiger partial charge in [-0.25, -0.2) is 4.79 Å². The van der Waals surface area contributed by atoms with Crippen LogP contribution in [0.1, 0.15) is 17.0 Å². The Kier molecular flexibility index (Phi) is 6.06. The molecule has 0 amide bonds. The summed E-state index contributed by atoms with van der Waals surface area (Å²) < 4.78 is 20.9. The average Bonchev–Trinajstić information content (AvgIpc) is 3.19. The molecule has 0 radical (unpaired) electrons. The molecule has 0 fully saturated rings. The van der Waals surface area contributed by atoms with E-state index in [-0.39, 0.29) is 12.5 Å². The molecule has 1 heterocycles. The molecule has 7 nitrogen and oxygen atoms in total.